The van der Waals surface area contributed by atoms with Crippen LogP contribution in [0.15, 0.2) is 29.2 Å². The van der Waals surface area contributed by atoms with Gasteiger partial charge in [-0.05, 0) is 37.4 Å². The van der Waals surface area contributed by atoms with Gasteiger partial charge in [-0.1, -0.05) is 12.2 Å². The fraction of sp³-hybridized carbons (Fsp3) is 0.222. The lowest BCUT2D eigenvalue weighted by molar-refractivity contribution is 1.46. The zero-order valence-electron chi connectivity index (χ0n) is 7.13. The second-order valence-electron chi connectivity index (χ2n) is 2.41. The Kier molecular flexibility index (Phi) is 3.56. The summed E-state index contributed by atoms with van der Waals surface area (Å²) in [5.74, 6) is 0. The van der Waals surface area contributed by atoms with Gasteiger partial charge in [0.2, 0.25) is 0 Å². The van der Waals surface area contributed by atoms with Gasteiger partial charge in [-0.15, -0.1) is 11.8 Å². The van der Waals surface area contributed by atoms with Crippen LogP contribution in [0.1, 0.15) is 6.92 Å². The smallest absolute Gasteiger partial charge is 0.0765 e. The van der Waals surface area contributed by atoms with E-state index in [1.165, 1.54) is 4.90 Å². The van der Waals surface area contributed by atoms with Crippen molar-refractivity contribution >= 4 is 34.7 Å². The molecule has 0 spiro atoms. The van der Waals surface area contributed by atoms with Crippen LogP contribution in [0.4, 0.5) is 5.69 Å². The number of hydrogen-bond donors (Lipinski definition) is 1. The molecule has 0 radical (unpaired) electrons. The Hall–Kier alpha value is -0.540. The third kappa shape index (κ3) is 2.83. The summed E-state index contributed by atoms with van der Waals surface area (Å²) in [5.41, 5.74) is 1.06. The zero-order valence-corrected chi connectivity index (χ0v) is 8.76. The molecule has 64 valence electrons. The summed E-state index contributed by atoms with van der Waals surface area (Å²) in [6.07, 6.45) is 2.06. The maximum atomic E-state index is 4.92. The predicted molar refractivity (Wildman–Crippen MR) is 60.1 cm³/mol. The Balaban J connectivity index is 2.71. The first-order chi connectivity index (χ1) is 5.72. The van der Waals surface area contributed by atoms with Gasteiger partial charge in [-0.25, -0.2) is 0 Å². The topological polar surface area (TPSA) is 12.0 Å². The van der Waals surface area contributed by atoms with Crippen LogP contribution in [0.5, 0.6) is 0 Å². The molecule has 0 aliphatic carbocycles. The molecule has 0 saturated heterocycles. The van der Waals surface area contributed by atoms with Gasteiger partial charge < -0.3 is 5.32 Å². The summed E-state index contributed by atoms with van der Waals surface area (Å²) in [4.78, 5) is 2.06. The molecule has 0 aliphatic heterocycles. The van der Waals surface area contributed by atoms with E-state index in [0.29, 0.717) is 0 Å². The van der Waals surface area contributed by atoms with Crippen molar-refractivity contribution in [1.29, 1.82) is 0 Å². The highest BCUT2D eigenvalue weighted by Gasteiger charge is 1.92. The van der Waals surface area contributed by atoms with E-state index in [2.05, 4.69) is 23.7 Å². The summed E-state index contributed by atoms with van der Waals surface area (Å²) < 4.78 is 0. The summed E-state index contributed by atoms with van der Waals surface area (Å²) in [7, 11) is 0. The van der Waals surface area contributed by atoms with Gasteiger partial charge in [-0.2, -0.15) is 0 Å². The molecule has 0 saturated carbocycles. The summed E-state index contributed by atoms with van der Waals surface area (Å²) >= 11 is 6.66. The largest absolute Gasteiger partial charge is 0.350 e. The van der Waals surface area contributed by atoms with Crippen molar-refractivity contribution in [3.8, 4) is 0 Å². The van der Waals surface area contributed by atoms with E-state index in [9.17, 15) is 0 Å². The van der Waals surface area contributed by atoms with Crippen LogP contribution < -0.4 is 5.32 Å². The monoisotopic (exact) mass is 197 g/mol. The van der Waals surface area contributed by atoms with Gasteiger partial charge in [0.25, 0.3) is 0 Å². The minimum Gasteiger partial charge on any atom is -0.350 e. The SMILES string of the molecule is CSc1ccc(NC(C)=S)cc1. The number of thioether (sulfide) groups is 1. The Morgan fingerprint density at radius 1 is 1.33 bits per heavy atom. The molecule has 0 amide bonds. The van der Waals surface area contributed by atoms with Crippen LogP contribution in [0.25, 0.3) is 0 Å². The lowest BCUT2D eigenvalue weighted by Crippen LogP contribution is -2.02. The maximum Gasteiger partial charge on any atom is 0.0765 e. The van der Waals surface area contributed by atoms with Crippen molar-refractivity contribution < 1.29 is 0 Å². The highest BCUT2D eigenvalue weighted by Crippen LogP contribution is 2.17. The molecule has 0 aromatic heterocycles. The lowest BCUT2D eigenvalue weighted by atomic mass is 10.3. The second kappa shape index (κ2) is 4.48. The number of nitrogens with one attached hydrogen (secondary N) is 1. The molecule has 1 N–H and O–H groups in total. The quantitative estimate of drug-likeness (QED) is 0.578. The molecular weight excluding hydrogens is 186 g/mol. The van der Waals surface area contributed by atoms with E-state index in [4.69, 9.17) is 12.2 Å². The molecule has 1 aromatic rings. The third-order valence-corrected chi connectivity index (χ3v) is 2.26. The third-order valence-electron chi connectivity index (χ3n) is 1.41. The Morgan fingerprint density at radius 2 is 1.92 bits per heavy atom. The molecule has 0 fully saturated rings. The van der Waals surface area contributed by atoms with Crippen LogP contribution in [-0.4, -0.2) is 11.2 Å². The van der Waals surface area contributed by atoms with Crippen molar-refractivity contribution in [2.45, 2.75) is 11.8 Å². The number of anilines is 1. The van der Waals surface area contributed by atoms with E-state index in [1.807, 2.05) is 19.1 Å². The maximum absolute atomic E-state index is 4.92. The van der Waals surface area contributed by atoms with E-state index < -0.39 is 0 Å². The lowest BCUT2D eigenvalue weighted by Gasteiger charge is -2.03. The molecule has 0 atom stereocenters. The number of thiocarbonyl (C=S) groups is 1. The van der Waals surface area contributed by atoms with Crippen LogP contribution >= 0.6 is 24.0 Å². The van der Waals surface area contributed by atoms with Gasteiger partial charge >= 0.3 is 0 Å². The molecule has 0 heterocycles. The molecule has 12 heavy (non-hydrogen) atoms. The standard InChI is InChI=1S/C9H11NS2/c1-7(11)10-8-3-5-9(12-2)6-4-8/h3-6H,1-2H3,(H,10,11). The number of benzene rings is 1. The fourth-order valence-electron chi connectivity index (χ4n) is 0.878. The Bertz CT molecular complexity index is 266. The summed E-state index contributed by atoms with van der Waals surface area (Å²) in [6.45, 7) is 1.87. The van der Waals surface area contributed by atoms with Gasteiger partial charge in [-0.3, -0.25) is 0 Å². The summed E-state index contributed by atoms with van der Waals surface area (Å²) in [6, 6.07) is 8.21. The molecule has 0 unspecified atom stereocenters. The van der Waals surface area contributed by atoms with Crippen molar-refractivity contribution in [2.75, 3.05) is 11.6 Å². The van der Waals surface area contributed by atoms with E-state index >= 15 is 0 Å². The van der Waals surface area contributed by atoms with Gasteiger partial charge in [0, 0.05) is 10.6 Å². The molecule has 1 nitrogen and oxygen atoms in total. The minimum absolute atomic E-state index is 0.798. The van der Waals surface area contributed by atoms with Gasteiger partial charge in [0.1, 0.15) is 0 Å². The minimum atomic E-state index is 0.798. The van der Waals surface area contributed by atoms with Crippen molar-refractivity contribution in [1.82, 2.24) is 0 Å². The summed E-state index contributed by atoms with van der Waals surface area (Å²) in [5, 5.41) is 3.08. The average molecular weight is 197 g/mol. The zero-order chi connectivity index (χ0) is 8.97. The number of hydrogen-bond acceptors (Lipinski definition) is 2. The highest BCUT2D eigenvalue weighted by atomic mass is 32.2. The second-order valence-corrected chi connectivity index (χ2v) is 3.90. The van der Waals surface area contributed by atoms with Crippen LogP contribution in [-0.2, 0) is 0 Å². The molecule has 1 rings (SSSR count). The normalized spacial score (nSPS) is 9.50. The first-order valence-electron chi connectivity index (χ1n) is 3.64. The first-order valence-corrected chi connectivity index (χ1v) is 5.27. The first kappa shape index (κ1) is 9.55. The highest BCUT2D eigenvalue weighted by molar-refractivity contribution is 7.98. The fourth-order valence-corrected chi connectivity index (χ4v) is 1.40. The van der Waals surface area contributed by atoms with E-state index in [0.717, 1.165) is 10.7 Å². The van der Waals surface area contributed by atoms with Gasteiger partial charge in [0.05, 0.1) is 4.99 Å². The van der Waals surface area contributed by atoms with Crippen LogP contribution in [0.3, 0.4) is 0 Å². The molecule has 0 bridgehead atoms. The number of rotatable bonds is 2. The molecule has 3 heteroatoms. The molecule has 1 aromatic carbocycles. The predicted octanol–water partition coefficient (Wildman–Crippen LogP) is 3.17. The Labute approximate surface area is 82.6 Å². The van der Waals surface area contributed by atoms with Crippen molar-refractivity contribution in [3.05, 3.63) is 24.3 Å². The van der Waals surface area contributed by atoms with Crippen LogP contribution in [0, 0.1) is 0 Å². The van der Waals surface area contributed by atoms with Crippen molar-refractivity contribution in [2.24, 2.45) is 0 Å². The van der Waals surface area contributed by atoms with Crippen molar-refractivity contribution in [3.63, 3.8) is 0 Å². The average Bonchev–Trinajstić information content (AvgIpc) is 2.05. The molecule has 0 aliphatic rings. The van der Waals surface area contributed by atoms with E-state index in [1.54, 1.807) is 11.8 Å². The Morgan fingerprint density at radius 3 is 2.33 bits per heavy atom. The van der Waals surface area contributed by atoms with Crippen LogP contribution in [0.2, 0.25) is 0 Å². The van der Waals surface area contributed by atoms with Gasteiger partial charge in [0.15, 0.2) is 0 Å². The molecular formula is C9H11NS2. The van der Waals surface area contributed by atoms with E-state index in [-0.39, 0.29) is 0 Å².